The third-order valence-electron chi connectivity index (χ3n) is 4.03. The van der Waals surface area contributed by atoms with Crippen molar-refractivity contribution in [2.24, 2.45) is 5.92 Å². The first-order valence-corrected chi connectivity index (χ1v) is 7.52. The van der Waals surface area contributed by atoms with Gasteiger partial charge in [0.25, 0.3) is 0 Å². The van der Waals surface area contributed by atoms with Gasteiger partial charge in [-0.05, 0) is 12.3 Å². The lowest BCUT2D eigenvalue weighted by Gasteiger charge is -2.22. The molecule has 3 heterocycles. The van der Waals surface area contributed by atoms with Crippen LogP contribution in [0.5, 0.6) is 0 Å². The number of ether oxygens (including phenoxy) is 1. The Morgan fingerprint density at radius 2 is 2.00 bits per heavy atom. The molecule has 1 aliphatic heterocycles. The lowest BCUT2D eigenvalue weighted by atomic mass is 9.98. The Balaban J connectivity index is 1.89. The molecule has 0 saturated carbocycles. The summed E-state index contributed by atoms with van der Waals surface area (Å²) in [6.07, 6.45) is -1.90. The number of nitrogens with zero attached hydrogens (tertiary/aromatic N) is 4. The summed E-state index contributed by atoms with van der Waals surface area (Å²) >= 11 is 0. The number of nitrogens with two attached hydrogens (primary N) is 1. The molecule has 5 N–H and O–H groups in total. The Labute approximate surface area is 132 Å². The van der Waals surface area contributed by atoms with Crippen LogP contribution in [0.15, 0.2) is 12.7 Å². The van der Waals surface area contributed by atoms with Gasteiger partial charge in [-0.1, -0.05) is 13.8 Å². The Bertz CT molecular complexity index is 691. The van der Waals surface area contributed by atoms with Crippen molar-refractivity contribution in [2.45, 2.75) is 50.9 Å². The number of rotatable bonds is 4. The average Bonchev–Trinajstić information content (AvgIpc) is 3.02. The van der Waals surface area contributed by atoms with Crippen molar-refractivity contribution < 1.29 is 20.1 Å². The molecular weight excluding hydrogens is 302 g/mol. The van der Waals surface area contributed by atoms with E-state index in [9.17, 15) is 15.3 Å². The van der Waals surface area contributed by atoms with Crippen molar-refractivity contribution in [2.75, 3.05) is 5.73 Å². The van der Waals surface area contributed by atoms with Crippen molar-refractivity contribution in [3.8, 4) is 0 Å². The van der Waals surface area contributed by atoms with Crippen LogP contribution in [0, 0.1) is 5.92 Å². The zero-order valence-electron chi connectivity index (χ0n) is 12.9. The van der Waals surface area contributed by atoms with Crippen LogP contribution >= 0.6 is 0 Å². The van der Waals surface area contributed by atoms with Gasteiger partial charge in [-0.3, -0.25) is 4.57 Å². The topological polar surface area (TPSA) is 140 Å². The molecule has 0 amide bonds. The smallest absolute Gasteiger partial charge is 0.167 e. The second-order valence-electron chi connectivity index (χ2n) is 6.25. The van der Waals surface area contributed by atoms with E-state index in [2.05, 4.69) is 15.0 Å². The fourth-order valence-electron chi connectivity index (χ4n) is 2.91. The molecule has 126 valence electrons. The highest BCUT2D eigenvalue weighted by Gasteiger charge is 2.47. The van der Waals surface area contributed by atoms with E-state index in [0.29, 0.717) is 17.6 Å². The highest BCUT2D eigenvalue weighted by molar-refractivity contribution is 5.81. The van der Waals surface area contributed by atoms with Crippen molar-refractivity contribution in [1.82, 2.24) is 19.5 Å². The minimum absolute atomic E-state index is 0.221. The zero-order valence-corrected chi connectivity index (χ0v) is 12.9. The summed E-state index contributed by atoms with van der Waals surface area (Å²) in [4.78, 5) is 12.1. The maximum absolute atomic E-state index is 10.3. The van der Waals surface area contributed by atoms with Gasteiger partial charge in [-0.15, -0.1) is 0 Å². The maximum Gasteiger partial charge on any atom is 0.167 e. The molecule has 9 nitrogen and oxygen atoms in total. The van der Waals surface area contributed by atoms with Gasteiger partial charge in [-0.2, -0.15) is 0 Å². The normalized spacial score (nSPS) is 29.5. The monoisotopic (exact) mass is 323 g/mol. The number of fused-ring (bicyclic) bond motifs is 1. The van der Waals surface area contributed by atoms with E-state index in [1.165, 1.54) is 17.2 Å². The predicted octanol–water partition coefficient (Wildman–Crippen LogP) is -0.565. The molecule has 5 atom stereocenters. The number of imidazole rings is 1. The number of aliphatic hydroxyl groups is 3. The molecule has 0 spiro atoms. The van der Waals surface area contributed by atoms with Gasteiger partial charge in [0.2, 0.25) is 0 Å². The molecule has 23 heavy (non-hydrogen) atoms. The average molecular weight is 323 g/mol. The molecule has 1 saturated heterocycles. The van der Waals surface area contributed by atoms with Crippen LogP contribution in [-0.2, 0) is 4.74 Å². The minimum atomic E-state index is -1.21. The molecule has 2 aromatic rings. The first-order chi connectivity index (χ1) is 10.9. The van der Waals surface area contributed by atoms with Gasteiger partial charge < -0.3 is 25.8 Å². The predicted molar refractivity (Wildman–Crippen MR) is 81.1 cm³/mol. The first kappa shape index (κ1) is 16.1. The molecule has 0 unspecified atom stereocenters. The third kappa shape index (κ3) is 2.76. The van der Waals surface area contributed by atoms with Crippen LogP contribution in [0.4, 0.5) is 5.82 Å². The lowest BCUT2D eigenvalue weighted by molar-refractivity contribution is -0.0881. The Morgan fingerprint density at radius 1 is 1.26 bits per heavy atom. The number of aliphatic hydroxyl groups excluding tert-OH is 3. The number of nitrogen functional groups attached to an aromatic ring is 1. The van der Waals surface area contributed by atoms with Crippen molar-refractivity contribution >= 4 is 17.0 Å². The van der Waals surface area contributed by atoms with E-state index in [1.54, 1.807) is 0 Å². The van der Waals surface area contributed by atoms with E-state index in [-0.39, 0.29) is 11.7 Å². The number of aromatic nitrogens is 4. The second kappa shape index (κ2) is 6.00. The van der Waals surface area contributed by atoms with Gasteiger partial charge in [-0.25, -0.2) is 15.0 Å². The summed E-state index contributed by atoms with van der Waals surface area (Å²) in [5.41, 5.74) is 6.53. The van der Waals surface area contributed by atoms with Gasteiger partial charge in [0.05, 0.1) is 12.4 Å². The highest BCUT2D eigenvalue weighted by Crippen LogP contribution is 2.34. The van der Waals surface area contributed by atoms with Gasteiger partial charge in [0.15, 0.2) is 17.7 Å². The molecule has 3 rings (SSSR count). The van der Waals surface area contributed by atoms with Gasteiger partial charge in [0, 0.05) is 0 Å². The number of anilines is 1. The van der Waals surface area contributed by atoms with E-state index >= 15 is 0 Å². The third-order valence-corrected chi connectivity index (χ3v) is 4.03. The molecule has 9 heteroatoms. The van der Waals surface area contributed by atoms with E-state index in [1.807, 2.05) is 13.8 Å². The standard InChI is InChI=1S/C14H21N5O4/c1-6(2)3-7(20)11-9(21)10(22)14(23-11)19-5-18-8-12(15)16-4-17-13(8)19/h4-7,9-11,14,20-22H,3H2,1-2H3,(H2,15,16,17)/t7-,9+,10-,11-,14-/m1/s1. The highest BCUT2D eigenvalue weighted by atomic mass is 16.6. The lowest BCUT2D eigenvalue weighted by Crippen LogP contribution is -2.39. The number of hydrogen-bond acceptors (Lipinski definition) is 8. The quantitative estimate of drug-likeness (QED) is 0.587. The van der Waals surface area contributed by atoms with E-state index in [0.717, 1.165) is 0 Å². The van der Waals surface area contributed by atoms with Crippen molar-refractivity contribution in [3.05, 3.63) is 12.7 Å². The van der Waals surface area contributed by atoms with Crippen LogP contribution in [0.25, 0.3) is 11.2 Å². The van der Waals surface area contributed by atoms with Crippen molar-refractivity contribution in [3.63, 3.8) is 0 Å². The largest absolute Gasteiger partial charge is 0.390 e. The maximum atomic E-state index is 10.3. The van der Waals surface area contributed by atoms with Gasteiger partial charge in [0.1, 0.15) is 30.2 Å². The van der Waals surface area contributed by atoms with Crippen molar-refractivity contribution in [1.29, 1.82) is 0 Å². The molecule has 0 aromatic carbocycles. The summed E-state index contributed by atoms with van der Waals surface area (Å²) < 4.78 is 7.20. The molecule has 0 aliphatic carbocycles. The Hall–Kier alpha value is -1.81. The molecule has 2 aromatic heterocycles. The Kier molecular flexibility index (Phi) is 4.19. The van der Waals surface area contributed by atoms with Crippen LogP contribution < -0.4 is 5.73 Å². The fourth-order valence-corrected chi connectivity index (χ4v) is 2.91. The molecule has 1 fully saturated rings. The van der Waals surface area contributed by atoms with Crippen LogP contribution in [0.3, 0.4) is 0 Å². The van der Waals surface area contributed by atoms with Gasteiger partial charge >= 0.3 is 0 Å². The van der Waals surface area contributed by atoms with E-state index < -0.39 is 30.6 Å². The Morgan fingerprint density at radius 3 is 2.70 bits per heavy atom. The summed E-state index contributed by atoms with van der Waals surface area (Å²) in [5, 5.41) is 30.7. The molecule has 0 radical (unpaired) electrons. The van der Waals surface area contributed by atoms with Crippen LogP contribution in [0.2, 0.25) is 0 Å². The number of hydrogen-bond donors (Lipinski definition) is 4. The molecular formula is C14H21N5O4. The summed E-state index contributed by atoms with van der Waals surface area (Å²) in [7, 11) is 0. The summed E-state index contributed by atoms with van der Waals surface area (Å²) in [5.74, 6) is 0.455. The summed E-state index contributed by atoms with van der Waals surface area (Å²) in [6.45, 7) is 3.92. The minimum Gasteiger partial charge on any atom is -0.390 e. The summed E-state index contributed by atoms with van der Waals surface area (Å²) in [6, 6.07) is 0. The van der Waals surface area contributed by atoms with Crippen LogP contribution in [0.1, 0.15) is 26.5 Å². The zero-order chi connectivity index (χ0) is 16.7. The SMILES string of the molecule is CC(C)C[C@@H](O)[C@H]1O[C@@H](n2cnc3c(N)ncnc32)[C@H](O)[C@@H]1O. The molecule has 0 bridgehead atoms. The first-order valence-electron chi connectivity index (χ1n) is 7.52. The van der Waals surface area contributed by atoms with E-state index in [4.69, 9.17) is 10.5 Å². The molecule has 1 aliphatic rings. The van der Waals surface area contributed by atoms with Crippen LogP contribution in [-0.4, -0.2) is 59.3 Å². The second-order valence-corrected chi connectivity index (χ2v) is 6.25. The fraction of sp³-hybridized carbons (Fsp3) is 0.643.